The molecule has 1 saturated heterocycles. The molecule has 0 bridgehead atoms. The average Bonchev–Trinajstić information content (AvgIpc) is 2.71. The molecule has 5 atom stereocenters. The van der Waals surface area contributed by atoms with E-state index in [1.807, 2.05) is 0 Å². The van der Waals surface area contributed by atoms with Crippen LogP contribution in [-0.4, -0.2) is 63.7 Å². The quantitative estimate of drug-likeness (QED) is 0.225. The first-order valence-electron chi connectivity index (χ1n) is 11.5. The van der Waals surface area contributed by atoms with Crippen molar-refractivity contribution in [3.63, 3.8) is 0 Å². The van der Waals surface area contributed by atoms with Crippen molar-refractivity contribution in [2.75, 3.05) is 6.61 Å². The van der Waals surface area contributed by atoms with Crippen LogP contribution in [0.5, 0.6) is 0 Å². The van der Waals surface area contributed by atoms with Crippen molar-refractivity contribution in [2.24, 2.45) is 0 Å². The van der Waals surface area contributed by atoms with Gasteiger partial charge in [0.25, 0.3) is 0 Å². The van der Waals surface area contributed by atoms with Crippen molar-refractivity contribution >= 4 is 5.97 Å². The third-order valence-corrected chi connectivity index (χ3v) is 5.58. The molecule has 29 heavy (non-hydrogen) atoms. The van der Waals surface area contributed by atoms with Gasteiger partial charge in [0.1, 0.15) is 31.0 Å². The maximum atomic E-state index is 11.8. The number of ether oxygens (including phenoxy) is 2. The van der Waals surface area contributed by atoms with Gasteiger partial charge in [0.15, 0.2) is 6.29 Å². The highest BCUT2D eigenvalue weighted by molar-refractivity contribution is 5.69. The smallest absolute Gasteiger partial charge is 0.305 e. The van der Waals surface area contributed by atoms with E-state index in [9.17, 15) is 25.2 Å². The molecule has 0 spiro atoms. The van der Waals surface area contributed by atoms with Crippen LogP contribution in [0.15, 0.2) is 0 Å². The van der Waals surface area contributed by atoms with E-state index in [4.69, 9.17) is 9.47 Å². The topological polar surface area (TPSA) is 116 Å². The Bertz CT molecular complexity index is 418. The lowest BCUT2D eigenvalue weighted by Gasteiger charge is -2.37. The highest BCUT2D eigenvalue weighted by Gasteiger charge is 2.43. The molecule has 1 aliphatic rings. The van der Waals surface area contributed by atoms with E-state index in [1.165, 1.54) is 64.2 Å². The zero-order chi connectivity index (χ0) is 21.5. The molecule has 0 amide bonds. The number of hydrogen-bond acceptors (Lipinski definition) is 7. The Hall–Kier alpha value is -0.730. The molecule has 0 saturated carbocycles. The Morgan fingerprint density at radius 2 is 1.21 bits per heavy atom. The van der Waals surface area contributed by atoms with E-state index >= 15 is 0 Å². The van der Waals surface area contributed by atoms with E-state index < -0.39 is 30.7 Å². The number of carbonyl (C=O) groups is 1. The number of aliphatic hydroxyl groups excluding tert-OH is 4. The van der Waals surface area contributed by atoms with Crippen molar-refractivity contribution in [1.82, 2.24) is 0 Å². The van der Waals surface area contributed by atoms with Gasteiger partial charge in [0.2, 0.25) is 0 Å². The van der Waals surface area contributed by atoms with Crippen LogP contribution >= 0.6 is 0 Å². The fourth-order valence-corrected chi connectivity index (χ4v) is 3.60. The molecule has 7 heteroatoms. The average molecular weight is 419 g/mol. The lowest BCUT2D eigenvalue weighted by atomic mass is 9.99. The number of unbranched alkanes of at least 4 members (excludes halogenated alkanes) is 12. The van der Waals surface area contributed by atoms with Crippen molar-refractivity contribution in [3.05, 3.63) is 0 Å². The number of carbonyl (C=O) groups excluding carboxylic acids is 1. The molecule has 1 aliphatic heterocycles. The third-order valence-electron chi connectivity index (χ3n) is 5.58. The predicted octanol–water partition coefficient (Wildman–Crippen LogP) is 2.81. The fourth-order valence-electron chi connectivity index (χ4n) is 3.60. The minimum Gasteiger partial charge on any atom is -0.463 e. The van der Waals surface area contributed by atoms with Crippen LogP contribution < -0.4 is 0 Å². The molecule has 0 radical (unpaired) electrons. The Morgan fingerprint density at radius 3 is 1.72 bits per heavy atom. The standard InChI is InChI=1S/C22H42O7/c1-2-3-4-5-6-7-8-9-10-11-12-13-14-15-18(23)28-16-17-19(24)20(25)21(26)22(27)29-17/h17,19-22,24-27H,2-16H2,1H3/t17-,19+,20+,21-,22-/m1/s1. The van der Waals surface area contributed by atoms with Gasteiger partial charge >= 0.3 is 5.97 Å². The van der Waals surface area contributed by atoms with Gasteiger partial charge in [0, 0.05) is 6.42 Å². The normalized spacial score (nSPS) is 27.1. The zero-order valence-electron chi connectivity index (χ0n) is 18.0. The van der Waals surface area contributed by atoms with Crippen molar-refractivity contribution in [2.45, 2.75) is 128 Å². The summed E-state index contributed by atoms with van der Waals surface area (Å²) < 4.78 is 10.0. The summed E-state index contributed by atoms with van der Waals surface area (Å²) in [6.07, 6.45) is 9.16. The lowest BCUT2D eigenvalue weighted by Crippen LogP contribution is -2.58. The Kier molecular flexibility index (Phi) is 14.5. The minimum absolute atomic E-state index is 0.265. The molecular weight excluding hydrogens is 376 g/mol. The molecule has 0 aliphatic carbocycles. The molecule has 7 nitrogen and oxygen atoms in total. The summed E-state index contributed by atoms with van der Waals surface area (Å²) >= 11 is 0. The molecule has 172 valence electrons. The van der Waals surface area contributed by atoms with E-state index in [0.717, 1.165) is 19.3 Å². The largest absolute Gasteiger partial charge is 0.463 e. The van der Waals surface area contributed by atoms with Gasteiger partial charge in [-0.2, -0.15) is 0 Å². The molecule has 0 aromatic carbocycles. The number of aliphatic hydroxyl groups is 4. The first kappa shape index (κ1) is 26.3. The van der Waals surface area contributed by atoms with Crippen LogP contribution in [0.1, 0.15) is 96.8 Å². The third kappa shape index (κ3) is 11.3. The van der Waals surface area contributed by atoms with Gasteiger partial charge in [0.05, 0.1) is 0 Å². The minimum atomic E-state index is -1.61. The summed E-state index contributed by atoms with van der Waals surface area (Å²) in [7, 11) is 0. The predicted molar refractivity (Wildman–Crippen MR) is 110 cm³/mol. The van der Waals surface area contributed by atoms with Crippen LogP contribution in [-0.2, 0) is 14.3 Å². The van der Waals surface area contributed by atoms with Crippen molar-refractivity contribution in [3.8, 4) is 0 Å². The molecule has 0 aromatic rings. The Morgan fingerprint density at radius 1 is 0.724 bits per heavy atom. The molecular formula is C22H42O7. The van der Waals surface area contributed by atoms with E-state index in [0.29, 0.717) is 6.42 Å². The molecule has 1 fully saturated rings. The van der Waals surface area contributed by atoms with E-state index in [1.54, 1.807) is 0 Å². The number of hydrogen-bond donors (Lipinski definition) is 4. The summed E-state index contributed by atoms with van der Waals surface area (Å²) in [5, 5.41) is 38.3. The first-order chi connectivity index (χ1) is 14.0. The molecule has 1 heterocycles. The van der Waals surface area contributed by atoms with Gasteiger partial charge in [-0.25, -0.2) is 0 Å². The molecule has 4 N–H and O–H groups in total. The fraction of sp³-hybridized carbons (Fsp3) is 0.955. The monoisotopic (exact) mass is 418 g/mol. The number of rotatable bonds is 16. The van der Waals surface area contributed by atoms with E-state index in [-0.39, 0.29) is 12.6 Å². The second-order valence-corrected chi connectivity index (χ2v) is 8.21. The lowest BCUT2D eigenvalue weighted by molar-refractivity contribution is -0.287. The maximum Gasteiger partial charge on any atom is 0.305 e. The summed E-state index contributed by atoms with van der Waals surface area (Å²) in [6.45, 7) is 1.98. The Balaban J connectivity index is 1.93. The summed E-state index contributed by atoms with van der Waals surface area (Å²) in [5.41, 5.74) is 0. The molecule has 0 aromatic heterocycles. The van der Waals surface area contributed by atoms with Crippen LogP contribution in [0.4, 0.5) is 0 Å². The maximum absolute atomic E-state index is 11.8. The highest BCUT2D eigenvalue weighted by Crippen LogP contribution is 2.20. The van der Waals surface area contributed by atoms with Crippen LogP contribution in [0.2, 0.25) is 0 Å². The summed E-state index contributed by atoms with van der Waals surface area (Å²) in [5.74, 6) is -0.390. The van der Waals surface area contributed by atoms with Gasteiger partial charge in [-0.15, -0.1) is 0 Å². The Labute approximate surface area is 175 Å². The second-order valence-electron chi connectivity index (χ2n) is 8.21. The van der Waals surface area contributed by atoms with Gasteiger partial charge in [-0.05, 0) is 6.42 Å². The molecule has 0 unspecified atom stereocenters. The van der Waals surface area contributed by atoms with Gasteiger partial charge in [-0.3, -0.25) is 4.79 Å². The zero-order valence-corrected chi connectivity index (χ0v) is 18.0. The van der Waals surface area contributed by atoms with Crippen LogP contribution in [0.25, 0.3) is 0 Å². The molecule has 1 rings (SSSR count). The first-order valence-corrected chi connectivity index (χ1v) is 11.5. The van der Waals surface area contributed by atoms with Gasteiger partial charge < -0.3 is 29.9 Å². The van der Waals surface area contributed by atoms with Crippen molar-refractivity contribution < 1.29 is 34.7 Å². The SMILES string of the molecule is CCCCCCCCCCCCCCCC(=O)OC[C@H]1O[C@@H](O)[C@H](O)[C@@H](O)[C@H]1O. The second kappa shape index (κ2) is 16.0. The highest BCUT2D eigenvalue weighted by atomic mass is 16.6. The van der Waals surface area contributed by atoms with Crippen LogP contribution in [0, 0.1) is 0 Å². The summed E-state index contributed by atoms with van der Waals surface area (Å²) in [6, 6.07) is 0. The van der Waals surface area contributed by atoms with Crippen LogP contribution in [0.3, 0.4) is 0 Å². The van der Waals surface area contributed by atoms with Gasteiger partial charge in [-0.1, -0.05) is 84.0 Å². The summed E-state index contributed by atoms with van der Waals surface area (Å²) in [4.78, 5) is 11.8. The number of esters is 1. The van der Waals surface area contributed by atoms with E-state index in [2.05, 4.69) is 6.92 Å². The van der Waals surface area contributed by atoms with Crippen molar-refractivity contribution in [1.29, 1.82) is 0 Å².